The van der Waals surface area contributed by atoms with Crippen molar-refractivity contribution in [2.24, 2.45) is 0 Å². The van der Waals surface area contributed by atoms with Gasteiger partial charge in [-0.1, -0.05) is 0 Å². The van der Waals surface area contributed by atoms with E-state index in [-0.39, 0.29) is 0 Å². The summed E-state index contributed by atoms with van der Waals surface area (Å²) in [7, 11) is 0. The molecule has 1 aliphatic heterocycles. The maximum atomic E-state index is 7.50. The van der Waals surface area contributed by atoms with Crippen LogP contribution in [-0.2, 0) is 38.1 Å². The summed E-state index contributed by atoms with van der Waals surface area (Å²) >= 11 is 6.46. The van der Waals surface area contributed by atoms with Crippen LogP contribution in [0, 0.1) is 0 Å². The maximum absolute atomic E-state index is 7.50. The van der Waals surface area contributed by atoms with Crippen LogP contribution in [-0.4, -0.2) is 0 Å². The summed E-state index contributed by atoms with van der Waals surface area (Å²) in [6, 6.07) is 42.5. The summed E-state index contributed by atoms with van der Waals surface area (Å²) < 4.78 is 10.0. The molecule has 5 rings (SSSR count). The molecular weight excluding hydrogens is 713 g/mol. The Morgan fingerprint density at radius 2 is 0.812 bits per heavy atom. The Hall–Kier alpha value is -1.52. The third-order valence-electron chi connectivity index (χ3n) is 6.16. The zero-order chi connectivity index (χ0) is 22.0. The number of rotatable bonds is 5. The van der Waals surface area contributed by atoms with E-state index < -0.39 is 33.3 Å². The molecule has 0 fully saturated rings. The fourth-order valence-electron chi connectivity index (χ4n) is 4.72. The molecule has 4 aromatic rings. The van der Waals surface area contributed by atoms with Crippen molar-refractivity contribution in [3.63, 3.8) is 0 Å². The molecule has 0 saturated heterocycles. The van der Waals surface area contributed by atoms with Crippen molar-refractivity contribution in [3.05, 3.63) is 151 Å². The molecule has 0 unspecified atom stereocenters. The zero-order valence-electron chi connectivity index (χ0n) is 17.4. The molecule has 0 aromatic heterocycles. The van der Waals surface area contributed by atoms with E-state index in [1.807, 2.05) is 0 Å². The molecule has 0 aliphatic carbocycles. The van der Waals surface area contributed by atoms with E-state index >= 15 is 0 Å². The topological polar surface area (TPSA) is 9.23 Å². The normalized spacial score (nSPS) is 16.6. The van der Waals surface area contributed by atoms with E-state index in [0.717, 1.165) is 26.7 Å². The van der Waals surface area contributed by atoms with Gasteiger partial charge in [-0.3, -0.25) is 0 Å². The summed E-state index contributed by atoms with van der Waals surface area (Å²) in [6.07, 6.45) is 0. The summed E-state index contributed by atoms with van der Waals surface area (Å²) in [6.45, 7) is 0. The van der Waals surface area contributed by atoms with Gasteiger partial charge in [-0.25, -0.2) is 0 Å². The Morgan fingerprint density at radius 1 is 0.500 bits per heavy atom. The van der Waals surface area contributed by atoms with Gasteiger partial charge in [0, 0.05) is 0 Å². The molecule has 0 spiro atoms. The van der Waals surface area contributed by atoms with Crippen LogP contribution in [0.2, 0.25) is 0 Å². The predicted molar refractivity (Wildman–Crippen MR) is 133 cm³/mol. The van der Waals surface area contributed by atoms with Gasteiger partial charge in [-0.15, -0.1) is 0 Å². The molecule has 4 heteroatoms. The summed E-state index contributed by atoms with van der Waals surface area (Å²) in [5.41, 5.74) is 3.19. The molecule has 0 saturated carbocycles. The molecule has 0 atom stereocenters. The van der Waals surface area contributed by atoms with Crippen molar-refractivity contribution in [1.29, 1.82) is 0 Å². The van der Waals surface area contributed by atoms with E-state index in [4.69, 9.17) is 4.74 Å². The van der Waals surface area contributed by atoms with E-state index in [1.165, 1.54) is 3.08 Å². The molecule has 154 valence electrons. The van der Waals surface area contributed by atoms with Crippen molar-refractivity contribution >= 4 is 27.8 Å². The van der Waals surface area contributed by atoms with Crippen LogP contribution in [0.1, 0.15) is 22.3 Å². The molecule has 4 aromatic carbocycles. The van der Waals surface area contributed by atoms with Gasteiger partial charge in [0.1, 0.15) is 0 Å². The average molecular weight is 733 g/mol. The quantitative estimate of drug-likeness (QED) is 0.190. The third kappa shape index (κ3) is 3.49. The fraction of sp³-hybridized carbons (Fsp3) is 0.0714. The van der Waals surface area contributed by atoms with Crippen molar-refractivity contribution in [3.8, 4) is 0 Å². The van der Waals surface area contributed by atoms with Crippen LogP contribution >= 0.6 is 27.8 Å². The van der Waals surface area contributed by atoms with E-state index in [0.29, 0.717) is 0 Å². The van der Waals surface area contributed by atoms with Crippen LogP contribution in [0.15, 0.2) is 129 Å². The van der Waals surface area contributed by atoms with Crippen molar-refractivity contribution < 1.29 is 26.9 Å². The molecule has 32 heavy (non-hydrogen) atoms. The summed E-state index contributed by atoms with van der Waals surface area (Å²) in [5, 5.41) is 0. The molecule has 1 aliphatic rings. The van der Waals surface area contributed by atoms with Gasteiger partial charge in [-0.2, -0.15) is 0 Å². The van der Waals surface area contributed by atoms with E-state index in [1.54, 1.807) is 0 Å². The Labute approximate surface area is 215 Å². The minimum atomic E-state index is -1.69. The first-order valence-electron chi connectivity index (χ1n) is 10.6. The number of halogens is 2. The second-order valence-corrected chi connectivity index (χ2v) is 17.4. The second-order valence-electron chi connectivity index (χ2n) is 7.85. The van der Waals surface area contributed by atoms with Crippen molar-refractivity contribution in [2.75, 3.05) is 0 Å². The Kier molecular flexibility index (Phi) is 6.53. The molecule has 0 amide bonds. The van der Waals surface area contributed by atoms with Crippen molar-refractivity contribution in [2.45, 2.75) is 11.2 Å². The zero-order valence-corrected chi connectivity index (χ0v) is 26.1. The van der Waals surface area contributed by atoms with Gasteiger partial charge in [0.2, 0.25) is 0 Å². The SMILES string of the molecule is [Br][Hg][C]1=C(Br)C(c2ccccc2)(c2ccccc2)OC1(c1ccccc1)c1ccccc1. The molecule has 1 heterocycles. The van der Waals surface area contributed by atoms with Gasteiger partial charge in [0.25, 0.3) is 0 Å². The molecule has 1 nitrogen and oxygen atoms in total. The van der Waals surface area contributed by atoms with Crippen LogP contribution < -0.4 is 0 Å². The number of benzene rings is 4. The van der Waals surface area contributed by atoms with Gasteiger partial charge in [0.05, 0.1) is 0 Å². The first kappa shape index (κ1) is 22.3. The first-order chi connectivity index (χ1) is 15.7. The Morgan fingerprint density at radius 3 is 1.12 bits per heavy atom. The molecule has 0 N–H and O–H groups in total. The van der Waals surface area contributed by atoms with Gasteiger partial charge in [0.15, 0.2) is 0 Å². The predicted octanol–water partition coefficient (Wildman–Crippen LogP) is 7.90. The summed E-state index contributed by atoms with van der Waals surface area (Å²) in [4.78, 5) is 0. The average Bonchev–Trinajstić information content (AvgIpc) is 3.16. The van der Waals surface area contributed by atoms with Gasteiger partial charge < -0.3 is 0 Å². The standard InChI is InChI=1S/C28H20BrO.BrH.Hg/c29-26-21-27(22-13-5-1-6-14-22,23-15-7-2-8-16-23)30-28(26,24-17-9-3-10-18-24)25-19-11-4-12-20-25;;/h1-20H;1H;/q;;+1/p-1. The minimum absolute atomic E-state index is 0.655. The van der Waals surface area contributed by atoms with E-state index in [9.17, 15) is 0 Å². The van der Waals surface area contributed by atoms with Crippen LogP contribution in [0.4, 0.5) is 0 Å². The Balaban J connectivity index is 1.88. The second kappa shape index (κ2) is 9.38. The summed E-state index contributed by atoms with van der Waals surface area (Å²) in [5.74, 6) is 0. The fourth-order valence-corrected chi connectivity index (χ4v) is 20.0. The van der Waals surface area contributed by atoms with Crippen LogP contribution in [0.25, 0.3) is 0 Å². The number of hydrogen-bond donors (Lipinski definition) is 0. The Bertz CT molecular complexity index is 1150. The number of ether oxygens (including phenoxy) is 1. The number of hydrogen-bond acceptors (Lipinski definition) is 1. The van der Waals surface area contributed by atoms with Crippen molar-refractivity contribution in [1.82, 2.24) is 0 Å². The van der Waals surface area contributed by atoms with Gasteiger partial charge in [-0.05, 0) is 0 Å². The molecule has 0 bridgehead atoms. The van der Waals surface area contributed by atoms with Crippen LogP contribution in [0.5, 0.6) is 0 Å². The van der Waals surface area contributed by atoms with Gasteiger partial charge >= 0.3 is 217 Å². The first-order valence-corrected chi connectivity index (χ1v) is 26.1. The van der Waals surface area contributed by atoms with Crippen LogP contribution in [0.3, 0.4) is 0 Å². The monoisotopic (exact) mass is 732 g/mol. The molecule has 0 radical (unpaired) electrons. The third-order valence-corrected chi connectivity index (χ3v) is 18.5. The van der Waals surface area contributed by atoms with E-state index in [2.05, 4.69) is 149 Å². The molecular formula is C28H20Br2HgO.